The van der Waals surface area contributed by atoms with Crippen molar-refractivity contribution < 1.29 is 13.2 Å². The molecule has 0 radical (unpaired) electrons. The zero-order valence-corrected chi connectivity index (χ0v) is 20.3. The molecule has 6 nitrogen and oxygen atoms in total. The third kappa shape index (κ3) is 5.46. The maximum absolute atomic E-state index is 13.6. The van der Waals surface area contributed by atoms with Gasteiger partial charge >= 0.3 is 0 Å². The molecule has 1 N–H and O–H groups in total. The van der Waals surface area contributed by atoms with Gasteiger partial charge in [-0.25, -0.2) is 13.8 Å². The molecule has 32 heavy (non-hydrogen) atoms. The van der Waals surface area contributed by atoms with E-state index in [9.17, 15) is 8.42 Å². The van der Waals surface area contributed by atoms with Crippen molar-refractivity contribution in [3.63, 3.8) is 0 Å². The lowest BCUT2D eigenvalue weighted by atomic mass is 10.00. The SMILES string of the molecule is CC(C)CN(Cc1cccc(Cl)c1)S(=O)(=O)c1ccc2c(c1)CNN2CC1CCOCC1. The van der Waals surface area contributed by atoms with Crippen LogP contribution >= 0.6 is 11.6 Å². The van der Waals surface area contributed by atoms with Crippen molar-refractivity contribution in [3.05, 3.63) is 58.6 Å². The fraction of sp³-hybridized carbons (Fsp3) is 0.500. The van der Waals surface area contributed by atoms with Crippen LogP contribution in [-0.2, 0) is 27.8 Å². The number of hydrogen-bond acceptors (Lipinski definition) is 5. The van der Waals surface area contributed by atoms with Crippen LogP contribution in [0.1, 0.15) is 37.8 Å². The molecule has 0 spiro atoms. The number of nitrogens with one attached hydrogen (secondary N) is 1. The molecule has 2 aromatic carbocycles. The number of hydrogen-bond donors (Lipinski definition) is 1. The van der Waals surface area contributed by atoms with Gasteiger partial charge in [-0.15, -0.1) is 0 Å². The summed E-state index contributed by atoms with van der Waals surface area (Å²) in [5.41, 5.74) is 6.40. The summed E-state index contributed by atoms with van der Waals surface area (Å²) in [4.78, 5) is 0.341. The van der Waals surface area contributed by atoms with E-state index in [2.05, 4.69) is 10.4 Å². The predicted molar refractivity (Wildman–Crippen MR) is 128 cm³/mol. The van der Waals surface area contributed by atoms with Crippen LogP contribution in [0.15, 0.2) is 47.4 Å². The van der Waals surface area contributed by atoms with Crippen molar-refractivity contribution in [2.75, 3.05) is 31.3 Å². The Hall–Kier alpha value is -1.64. The zero-order valence-electron chi connectivity index (χ0n) is 18.8. The lowest BCUT2D eigenvalue weighted by Crippen LogP contribution is -2.38. The maximum Gasteiger partial charge on any atom is 0.243 e. The van der Waals surface area contributed by atoms with Gasteiger partial charge in [-0.3, -0.25) is 0 Å². The number of benzene rings is 2. The molecule has 0 saturated carbocycles. The first-order valence-corrected chi connectivity index (χ1v) is 13.1. The van der Waals surface area contributed by atoms with E-state index in [0.717, 1.165) is 49.4 Å². The number of rotatable bonds is 8. The molecule has 4 rings (SSSR count). The molecule has 2 aromatic rings. The Morgan fingerprint density at radius 2 is 1.97 bits per heavy atom. The van der Waals surface area contributed by atoms with E-state index in [1.54, 1.807) is 16.4 Å². The minimum Gasteiger partial charge on any atom is -0.381 e. The fourth-order valence-electron chi connectivity index (χ4n) is 4.39. The Bertz CT molecular complexity index is 1040. The van der Waals surface area contributed by atoms with Crippen molar-refractivity contribution in [2.24, 2.45) is 11.8 Å². The molecule has 0 bridgehead atoms. The maximum atomic E-state index is 13.6. The van der Waals surface area contributed by atoms with Gasteiger partial charge < -0.3 is 9.75 Å². The summed E-state index contributed by atoms with van der Waals surface area (Å²) in [7, 11) is -3.65. The predicted octanol–water partition coefficient (Wildman–Crippen LogP) is 4.44. The Labute approximate surface area is 196 Å². The van der Waals surface area contributed by atoms with Crippen LogP contribution < -0.4 is 10.4 Å². The zero-order chi connectivity index (χ0) is 22.7. The van der Waals surface area contributed by atoms with Crippen LogP contribution in [0.3, 0.4) is 0 Å². The Balaban J connectivity index is 1.55. The Kier molecular flexibility index (Phi) is 7.42. The monoisotopic (exact) mass is 477 g/mol. The van der Waals surface area contributed by atoms with Crippen molar-refractivity contribution in [2.45, 2.75) is 44.7 Å². The smallest absolute Gasteiger partial charge is 0.243 e. The first-order valence-electron chi connectivity index (χ1n) is 11.3. The van der Waals surface area contributed by atoms with Crippen LogP contribution in [0.4, 0.5) is 5.69 Å². The van der Waals surface area contributed by atoms with Crippen molar-refractivity contribution in [1.29, 1.82) is 0 Å². The molecule has 0 amide bonds. The second-order valence-electron chi connectivity index (χ2n) is 9.11. The van der Waals surface area contributed by atoms with Gasteiger partial charge in [-0.2, -0.15) is 4.31 Å². The lowest BCUT2D eigenvalue weighted by molar-refractivity contribution is 0.0677. The molecule has 0 aromatic heterocycles. The van der Waals surface area contributed by atoms with E-state index in [0.29, 0.717) is 35.5 Å². The largest absolute Gasteiger partial charge is 0.381 e. The average molecular weight is 478 g/mol. The Morgan fingerprint density at radius 3 is 2.69 bits per heavy atom. The molecule has 2 aliphatic heterocycles. The van der Waals surface area contributed by atoms with Crippen molar-refractivity contribution in [3.8, 4) is 0 Å². The number of halogens is 1. The summed E-state index contributed by atoms with van der Waals surface area (Å²) in [6.07, 6.45) is 2.13. The summed E-state index contributed by atoms with van der Waals surface area (Å²) in [6, 6.07) is 12.9. The lowest BCUT2D eigenvalue weighted by Gasteiger charge is -2.28. The summed E-state index contributed by atoms with van der Waals surface area (Å²) in [5, 5.41) is 2.78. The van der Waals surface area contributed by atoms with Crippen LogP contribution in [0.2, 0.25) is 5.02 Å². The van der Waals surface area contributed by atoms with E-state index < -0.39 is 10.0 Å². The molecule has 2 heterocycles. The molecule has 174 valence electrons. The minimum atomic E-state index is -3.65. The topological polar surface area (TPSA) is 61.9 Å². The molecule has 8 heteroatoms. The van der Waals surface area contributed by atoms with Gasteiger partial charge in [0.25, 0.3) is 0 Å². The van der Waals surface area contributed by atoms with Crippen LogP contribution in [0.25, 0.3) is 0 Å². The number of hydrazine groups is 1. The molecule has 1 saturated heterocycles. The van der Waals surface area contributed by atoms with Gasteiger partial charge in [0.05, 0.1) is 10.6 Å². The van der Waals surface area contributed by atoms with Gasteiger partial charge in [-0.1, -0.05) is 37.6 Å². The normalized spacial score (nSPS) is 17.3. The van der Waals surface area contributed by atoms with E-state index in [1.165, 1.54) is 0 Å². The highest BCUT2D eigenvalue weighted by molar-refractivity contribution is 7.89. The minimum absolute atomic E-state index is 0.204. The van der Waals surface area contributed by atoms with Gasteiger partial charge in [0.15, 0.2) is 0 Å². The van der Waals surface area contributed by atoms with E-state index in [1.807, 2.05) is 44.2 Å². The summed E-state index contributed by atoms with van der Waals surface area (Å²) in [5.74, 6) is 0.792. The summed E-state index contributed by atoms with van der Waals surface area (Å²) in [6.45, 7) is 7.99. The van der Waals surface area contributed by atoms with Gasteiger partial charge in [0.1, 0.15) is 0 Å². The summed E-state index contributed by atoms with van der Waals surface area (Å²) >= 11 is 6.13. The average Bonchev–Trinajstić information content (AvgIpc) is 3.16. The Morgan fingerprint density at radius 1 is 1.19 bits per heavy atom. The van der Waals surface area contributed by atoms with Crippen LogP contribution in [-0.4, -0.2) is 39.0 Å². The van der Waals surface area contributed by atoms with E-state index in [-0.39, 0.29) is 5.92 Å². The standard InChI is InChI=1S/C24H32ClN3O3S/c1-18(2)15-27(16-20-4-3-5-22(25)12-20)32(29,30)23-6-7-24-21(13-23)14-26-28(24)17-19-8-10-31-11-9-19/h3-7,12-13,18-19,26H,8-11,14-17H2,1-2H3. The second-order valence-corrected chi connectivity index (χ2v) is 11.5. The third-order valence-corrected chi connectivity index (χ3v) is 8.08. The first kappa shape index (κ1) is 23.5. The highest BCUT2D eigenvalue weighted by Gasteiger charge is 2.29. The van der Waals surface area contributed by atoms with Crippen molar-refractivity contribution in [1.82, 2.24) is 9.73 Å². The van der Waals surface area contributed by atoms with Gasteiger partial charge in [0, 0.05) is 44.4 Å². The first-order chi connectivity index (χ1) is 15.3. The molecule has 0 aliphatic carbocycles. The van der Waals surface area contributed by atoms with E-state index >= 15 is 0 Å². The number of sulfonamides is 1. The highest BCUT2D eigenvalue weighted by Crippen LogP contribution is 2.31. The molecule has 2 aliphatic rings. The van der Waals surface area contributed by atoms with Gasteiger partial charge in [0.2, 0.25) is 10.0 Å². The number of ether oxygens (including phenoxy) is 1. The molecule has 1 fully saturated rings. The number of nitrogens with zero attached hydrogens (tertiary/aromatic N) is 2. The number of anilines is 1. The van der Waals surface area contributed by atoms with Gasteiger partial charge in [-0.05, 0) is 66.1 Å². The second kappa shape index (κ2) is 10.1. The molecule has 0 unspecified atom stereocenters. The highest BCUT2D eigenvalue weighted by atomic mass is 35.5. The van der Waals surface area contributed by atoms with Crippen LogP contribution in [0.5, 0.6) is 0 Å². The molecule has 0 atom stereocenters. The summed E-state index contributed by atoms with van der Waals surface area (Å²) < 4.78 is 34.2. The fourth-order valence-corrected chi connectivity index (χ4v) is 6.24. The molecular weight excluding hydrogens is 446 g/mol. The molecular formula is C24H32ClN3O3S. The number of fused-ring (bicyclic) bond motifs is 1. The van der Waals surface area contributed by atoms with Crippen molar-refractivity contribution >= 4 is 27.3 Å². The quantitative estimate of drug-likeness (QED) is 0.609. The van der Waals surface area contributed by atoms with Crippen LogP contribution in [0, 0.1) is 11.8 Å². The third-order valence-electron chi connectivity index (χ3n) is 6.04. The van der Waals surface area contributed by atoms with E-state index in [4.69, 9.17) is 16.3 Å².